The number of nitrogens with zero attached hydrogens (tertiary/aromatic N) is 2. The Kier molecular flexibility index (Phi) is 6.60. The van der Waals surface area contributed by atoms with E-state index in [0.717, 1.165) is 25.9 Å². The first kappa shape index (κ1) is 23.5. The van der Waals surface area contributed by atoms with Crippen LogP contribution in [-0.2, 0) is 14.6 Å². The lowest BCUT2D eigenvalue weighted by Gasteiger charge is -2.31. The van der Waals surface area contributed by atoms with Crippen molar-refractivity contribution in [2.24, 2.45) is 0 Å². The SMILES string of the molecule is O=C(CN1CCC(c2ccncc2)CC1)Nc1[nH]c2ccc(Cl)cc2c1S(=O)(=O)c1ccccc1. The summed E-state index contributed by atoms with van der Waals surface area (Å²) in [5.74, 6) is 0.343. The topological polar surface area (TPSA) is 95.2 Å². The van der Waals surface area contributed by atoms with Gasteiger partial charge >= 0.3 is 0 Å². The molecule has 5 rings (SSSR count). The molecule has 0 aliphatic carbocycles. The monoisotopic (exact) mass is 508 g/mol. The lowest BCUT2D eigenvalue weighted by molar-refractivity contribution is -0.117. The second-order valence-electron chi connectivity index (χ2n) is 8.71. The number of hydrogen-bond donors (Lipinski definition) is 2. The number of rotatable bonds is 6. The van der Waals surface area contributed by atoms with Gasteiger partial charge in [0.1, 0.15) is 10.7 Å². The molecular weight excluding hydrogens is 484 g/mol. The number of H-pyrrole nitrogens is 1. The summed E-state index contributed by atoms with van der Waals surface area (Å²) in [5, 5.41) is 3.67. The fourth-order valence-corrected chi connectivity index (χ4v) is 6.42. The Hall–Kier alpha value is -3.20. The maximum absolute atomic E-state index is 13.6. The molecule has 2 N–H and O–H groups in total. The van der Waals surface area contributed by atoms with Gasteiger partial charge in [-0.3, -0.25) is 14.7 Å². The number of aromatic nitrogens is 2. The number of sulfone groups is 1. The van der Waals surface area contributed by atoms with Crippen molar-refractivity contribution < 1.29 is 13.2 Å². The Morgan fingerprint density at radius 3 is 2.49 bits per heavy atom. The minimum Gasteiger partial charge on any atom is -0.340 e. The molecule has 7 nitrogen and oxygen atoms in total. The van der Waals surface area contributed by atoms with Crippen molar-refractivity contribution in [2.45, 2.75) is 28.6 Å². The number of carbonyl (C=O) groups is 1. The summed E-state index contributed by atoms with van der Waals surface area (Å²) in [4.78, 5) is 22.4. The quantitative estimate of drug-likeness (QED) is 0.387. The number of anilines is 1. The predicted octanol–water partition coefficient (Wildman–Crippen LogP) is 4.87. The Morgan fingerprint density at radius 1 is 1.06 bits per heavy atom. The molecule has 180 valence electrons. The summed E-state index contributed by atoms with van der Waals surface area (Å²) < 4.78 is 27.1. The molecule has 9 heteroatoms. The second kappa shape index (κ2) is 9.81. The van der Waals surface area contributed by atoms with Crippen LogP contribution in [0.5, 0.6) is 0 Å². The number of piperidine rings is 1. The van der Waals surface area contributed by atoms with Crippen LogP contribution < -0.4 is 5.32 Å². The van der Waals surface area contributed by atoms with Gasteiger partial charge in [0.15, 0.2) is 0 Å². The minimum absolute atomic E-state index is 0.0194. The first-order chi connectivity index (χ1) is 16.9. The van der Waals surface area contributed by atoms with Crippen molar-refractivity contribution in [1.82, 2.24) is 14.9 Å². The second-order valence-corrected chi connectivity index (χ2v) is 11.0. The van der Waals surface area contributed by atoms with E-state index >= 15 is 0 Å². The smallest absolute Gasteiger partial charge is 0.239 e. The average molecular weight is 509 g/mol. The number of hydrogen-bond acceptors (Lipinski definition) is 5. The van der Waals surface area contributed by atoms with Gasteiger partial charge in [-0.05, 0) is 79.9 Å². The molecule has 4 aromatic rings. The molecule has 0 bridgehead atoms. The van der Waals surface area contributed by atoms with Gasteiger partial charge in [0.25, 0.3) is 0 Å². The highest BCUT2D eigenvalue weighted by Crippen LogP contribution is 2.36. The van der Waals surface area contributed by atoms with Crippen LogP contribution in [0.25, 0.3) is 10.9 Å². The molecular formula is C26H25ClN4O3S. The number of carbonyl (C=O) groups excluding carboxylic acids is 1. The van der Waals surface area contributed by atoms with Gasteiger partial charge in [-0.25, -0.2) is 8.42 Å². The van der Waals surface area contributed by atoms with Gasteiger partial charge in [0.2, 0.25) is 15.7 Å². The van der Waals surface area contributed by atoms with Gasteiger partial charge in [0.05, 0.1) is 11.4 Å². The van der Waals surface area contributed by atoms with E-state index in [1.54, 1.807) is 36.4 Å². The van der Waals surface area contributed by atoms with Crippen LogP contribution in [0.1, 0.15) is 24.3 Å². The number of nitrogens with one attached hydrogen (secondary N) is 2. The van der Waals surface area contributed by atoms with E-state index in [-0.39, 0.29) is 28.1 Å². The Labute approximate surface area is 209 Å². The highest BCUT2D eigenvalue weighted by atomic mass is 35.5. The third-order valence-corrected chi connectivity index (χ3v) is 8.52. The summed E-state index contributed by atoms with van der Waals surface area (Å²) in [6.45, 7) is 1.76. The molecule has 0 radical (unpaired) electrons. The molecule has 0 atom stereocenters. The van der Waals surface area contributed by atoms with Crippen LogP contribution >= 0.6 is 11.6 Å². The zero-order valence-corrected chi connectivity index (χ0v) is 20.5. The van der Waals surface area contributed by atoms with Crippen molar-refractivity contribution in [3.05, 3.63) is 83.6 Å². The highest BCUT2D eigenvalue weighted by Gasteiger charge is 2.28. The van der Waals surface area contributed by atoms with E-state index in [0.29, 0.717) is 21.8 Å². The van der Waals surface area contributed by atoms with Crippen molar-refractivity contribution in [2.75, 3.05) is 25.0 Å². The number of halogens is 1. The fourth-order valence-electron chi connectivity index (χ4n) is 4.67. The van der Waals surface area contributed by atoms with Crippen LogP contribution in [0.15, 0.2) is 82.8 Å². The zero-order valence-electron chi connectivity index (χ0n) is 18.9. The summed E-state index contributed by atoms with van der Waals surface area (Å²) >= 11 is 6.18. The molecule has 1 aliphatic rings. The first-order valence-corrected chi connectivity index (χ1v) is 13.3. The van der Waals surface area contributed by atoms with Gasteiger partial charge in [-0.15, -0.1) is 0 Å². The average Bonchev–Trinajstić information content (AvgIpc) is 3.23. The Morgan fingerprint density at radius 2 is 1.77 bits per heavy atom. The van der Waals surface area contributed by atoms with Crippen molar-refractivity contribution in [1.29, 1.82) is 0 Å². The summed E-state index contributed by atoms with van der Waals surface area (Å²) in [6, 6.07) is 17.3. The maximum Gasteiger partial charge on any atom is 0.239 e. The van der Waals surface area contributed by atoms with Crippen LogP contribution in [0.3, 0.4) is 0 Å². The summed E-state index contributed by atoms with van der Waals surface area (Å²) in [6.07, 6.45) is 5.53. The van der Waals surface area contributed by atoms with Crippen LogP contribution in [0.2, 0.25) is 5.02 Å². The number of pyridine rings is 1. The molecule has 35 heavy (non-hydrogen) atoms. The molecule has 0 spiro atoms. The van der Waals surface area contributed by atoms with Gasteiger partial charge < -0.3 is 10.3 Å². The van der Waals surface area contributed by atoms with E-state index in [1.165, 1.54) is 17.7 Å². The number of aromatic amines is 1. The molecule has 1 saturated heterocycles. The molecule has 1 fully saturated rings. The minimum atomic E-state index is -3.91. The normalized spacial score (nSPS) is 15.3. The third-order valence-electron chi connectivity index (χ3n) is 6.43. The van der Waals surface area contributed by atoms with E-state index < -0.39 is 9.84 Å². The Balaban J connectivity index is 1.36. The largest absolute Gasteiger partial charge is 0.340 e. The summed E-state index contributed by atoms with van der Waals surface area (Å²) in [5.41, 5.74) is 1.86. The van der Waals surface area contributed by atoms with Gasteiger partial charge in [-0.2, -0.15) is 0 Å². The molecule has 2 aromatic heterocycles. The maximum atomic E-state index is 13.6. The van der Waals surface area contributed by atoms with Gasteiger partial charge in [-0.1, -0.05) is 29.8 Å². The fraction of sp³-hybridized carbons (Fsp3) is 0.231. The molecule has 0 unspecified atom stereocenters. The van der Waals surface area contributed by atoms with E-state index in [9.17, 15) is 13.2 Å². The zero-order chi connectivity index (χ0) is 24.4. The van der Waals surface area contributed by atoms with Crippen LogP contribution in [0.4, 0.5) is 5.82 Å². The molecule has 3 heterocycles. The lowest BCUT2D eigenvalue weighted by Crippen LogP contribution is -2.38. The number of fused-ring (bicyclic) bond motifs is 1. The molecule has 1 aliphatic heterocycles. The molecule has 2 aromatic carbocycles. The van der Waals surface area contributed by atoms with Crippen LogP contribution in [0, 0.1) is 0 Å². The highest BCUT2D eigenvalue weighted by molar-refractivity contribution is 7.92. The Bertz CT molecular complexity index is 1450. The number of benzene rings is 2. The standard InChI is InChI=1S/C26H25ClN4O3S/c27-20-6-7-23-22(16-20)25(35(33,34)21-4-2-1-3-5-21)26(29-23)30-24(32)17-31-14-10-19(11-15-31)18-8-12-28-13-9-18/h1-9,12-13,16,19,29H,10-11,14-15,17H2,(H,30,32). The van der Waals surface area contributed by atoms with Crippen molar-refractivity contribution in [3.63, 3.8) is 0 Å². The van der Waals surface area contributed by atoms with E-state index in [2.05, 4.69) is 20.2 Å². The number of likely N-dealkylation sites (tertiary alicyclic amines) is 1. The van der Waals surface area contributed by atoms with E-state index in [1.807, 2.05) is 24.5 Å². The summed E-state index contributed by atoms with van der Waals surface area (Å²) in [7, 11) is -3.91. The molecule has 1 amide bonds. The predicted molar refractivity (Wildman–Crippen MR) is 136 cm³/mol. The third kappa shape index (κ3) is 4.96. The number of amides is 1. The van der Waals surface area contributed by atoms with E-state index in [4.69, 9.17) is 11.6 Å². The first-order valence-electron chi connectivity index (χ1n) is 11.5. The van der Waals surface area contributed by atoms with Crippen molar-refractivity contribution >= 4 is 44.1 Å². The van der Waals surface area contributed by atoms with Crippen molar-refractivity contribution in [3.8, 4) is 0 Å². The molecule has 0 saturated carbocycles. The van der Waals surface area contributed by atoms with Gasteiger partial charge in [0, 0.05) is 28.3 Å². The lowest BCUT2D eigenvalue weighted by atomic mass is 9.90. The van der Waals surface area contributed by atoms with Crippen LogP contribution in [-0.4, -0.2) is 48.8 Å².